The normalized spacial score (nSPS) is 13.4. The number of carbonyl (C=O) groups is 1. The molecule has 0 aliphatic rings. The molecule has 0 aromatic heterocycles. The van der Waals surface area contributed by atoms with Crippen molar-refractivity contribution in [2.45, 2.75) is 32.7 Å². The highest BCUT2D eigenvalue weighted by Gasteiger charge is 2.25. The largest absolute Gasteiger partial charge is 0.351 e. The van der Waals surface area contributed by atoms with Crippen LogP contribution in [-0.2, 0) is 11.3 Å². The molecule has 0 aliphatic heterocycles. The first-order valence-electron chi connectivity index (χ1n) is 7.69. The highest BCUT2D eigenvalue weighted by atomic mass is 19.1. The minimum Gasteiger partial charge on any atom is -0.351 e. The lowest BCUT2D eigenvalue weighted by molar-refractivity contribution is -0.123. The number of hydrogen-bond donors (Lipinski definition) is 1. The lowest BCUT2D eigenvalue weighted by Crippen LogP contribution is -2.32. The first-order valence-corrected chi connectivity index (χ1v) is 7.69. The average Bonchev–Trinajstić information content (AvgIpc) is 2.55. The van der Waals surface area contributed by atoms with E-state index in [2.05, 4.69) is 19.2 Å². The number of benzene rings is 2. The van der Waals surface area contributed by atoms with Gasteiger partial charge in [0.1, 0.15) is 5.82 Å². The molecular formula is C19H22FNO. The van der Waals surface area contributed by atoms with Gasteiger partial charge in [-0.05, 0) is 17.5 Å². The van der Waals surface area contributed by atoms with Crippen LogP contribution in [-0.4, -0.2) is 5.91 Å². The zero-order valence-electron chi connectivity index (χ0n) is 13.1. The summed E-state index contributed by atoms with van der Waals surface area (Å²) in [4.78, 5) is 12.6. The minimum atomic E-state index is -0.289. The molecule has 0 saturated heterocycles. The molecule has 116 valence electrons. The summed E-state index contributed by atoms with van der Waals surface area (Å²) in [6, 6.07) is 16.3. The maximum absolute atomic E-state index is 13.6. The van der Waals surface area contributed by atoms with E-state index < -0.39 is 0 Å². The zero-order chi connectivity index (χ0) is 15.9. The van der Waals surface area contributed by atoms with Crippen molar-refractivity contribution in [2.75, 3.05) is 0 Å². The summed E-state index contributed by atoms with van der Waals surface area (Å²) in [5, 5.41) is 2.87. The van der Waals surface area contributed by atoms with Crippen molar-refractivity contribution in [2.24, 2.45) is 5.92 Å². The van der Waals surface area contributed by atoms with Crippen LogP contribution in [0.25, 0.3) is 0 Å². The Bertz CT molecular complexity index is 612. The number of amides is 1. The van der Waals surface area contributed by atoms with Gasteiger partial charge >= 0.3 is 0 Å². The Morgan fingerprint density at radius 2 is 1.73 bits per heavy atom. The van der Waals surface area contributed by atoms with Gasteiger partial charge in [0.15, 0.2) is 0 Å². The van der Waals surface area contributed by atoms with Gasteiger partial charge in [-0.3, -0.25) is 4.79 Å². The van der Waals surface area contributed by atoms with Crippen LogP contribution in [0.2, 0.25) is 0 Å². The molecule has 2 atom stereocenters. The van der Waals surface area contributed by atoms with E-state index in [1.807, 2.05) is 30.3 Å². The van der Waals surface area contributed by atoms with Gasteiger partial charge in [0, 0.05) is 12.1 Å². The SMILES string of the molecule is CC[C@H](C)[C@H](C(=O)NCc1ccccc1F)c1ccccc1. The van der Waals surface area contributed by atoms with E-state index in [4.69, 9.17) is 0 Å². The molecule has 0 unspecified atom stereocenters. The Balaban J connectivity index is 2.11. The topological polar surface area (TPSA) is 29.1 Å². The van der Waals surface area contributed by atoms with Crippen LogP contribution >= 0.6 is 0 Å². The second-order valence-corrected chi connectivity index (χ2v) is 5.58. The zero-order valence-corrected chi connectivity index (χ0v) is 13.1. The van der Waals surface area contributed by atoms with E-state index in [1.165, 1.54) is 6.07 Å². The van der Waals surface area contributed by atoms with Gasteiger partial charge in [0.25, 0.3) is 0 Å². The van der Waals surface area contributed by atoms with E-state index in [0.29, 0.717) is 5.56 Å². The molecule has 1 amide bonds. The summed E-state index contributed by atoms with van der Waals surface area (Å²) >= 11 is 0. The van der Waals surface area contributed by atoms with E-state index in [9.17, 15) is 9.18 Å². The summed E-state index contributed by atoms with van der Waals surface area (Å²) in [6.45, 7) is 4.36. The molecule has 0 aliphatic carbocycles. The summed E-state index contributed by atoms with van der Waals surface area (Å²) in [7, 11) is 0. The number of halogens is 1. The van der Waals surface area contributed by atoms with Crippen LogP contribution in [0.1, 0.15) is 37.3 Å². The van der Waals surface area contributed by atoms with E-state index in [0.717, 1.165) is 12.0 Å². The number of hydrogen-bond acceptors (Lipinski definition) is 1. The third-order valence-electron chi connectivity index (χ3n) is 4.07. The van der Waals surface area contributed by atoms with Gasteiger partial charge in [-0.1, -0.05) is 68.8 Å². The maximum atomic E-state index is 13.6. The van der Waals surface area contributed by atoms with Crippen LogP contribution in [0.15, 0.2) is 54.6 Å². The van der Waals surface area contributed by atoms with E-state index in [1.54, 1.807) is 18.2 Å². The second-order valence-electron chi connectivity index (χ2n) is 5.58. The molecule has 2 rings (SSSR count). The number of carbonyl (C=O) groups excluding carboxylic acids is 1. The van der Waals surface area contributed by atoms with E-state index in [-0.39, 0.29) is 30.1 Å². The van der Waals surface area contributed by atoms with E-state index >= 15 is 0 Å². The molecule has 2 nitrogen and oxygen atoms in total. The summed E-state index contributed by atoms with van der Waals surface area (Å²) in [5.74, 6) is -0.326. The first-order chi connectivity index (χ1) is 10.6. The molecule has 1 N–H and O–H groups in total. The van der Waals surface area contributed by atoms with Gasteiger partial charge < -0.3 is 5.32 Å². The van der Waals surface area contributed by atoms with Gasteiger partial charge in [-0.15, -0.1) is 0 Å². The third kappa shape index (κ3) is 3.94. The Labute approximate surface area is 131 Å². The standard InChI is InChI=1S/C19H22FNO/c1-3-14(2)18(15-9-5-4-6-10-15)19(22)21-13-16-11-7-8-12-17(16)20/h4-12,14,18H,3,13H2,1-2H3,(H,21,22)/t14-,18-/m0/s1. The molecule has 0 heterocycles. The Morgan fingerprint density at radius 3 is 2.36 bits per heavy atom. The second kappa shape index (κ2) is 7.74. The van der Waals surface area contributed by atoms with Crippen LogP contribution in [0, 0.1) is 11.7 Å². The molecule has 0 fully saturated rings. The quantitative estimate of drug-likeness (QED) is 0.848. The van der Waals surface area contributed by atoms with Crippen molar-refractivity contribution in [3.05, 3.63) is 71.5 Å². The smallest absolute Gasteiger partial charge is 0.228 e. The van der Waals surface area contributed by atoms with Crippen molar-refractivity contribution in [3.63, 3.8) is 0 Å². The van der Waals surface area contributed by atoms with Crippen LogP contribution in [0.3, 0.4) is 0 Å². The van der Waals surface area contributed by atoms with Crippen molar-refractivity contribution >= 4 is 5.91 Å². The lowest BCUT2D eigenvalue weighted by Gasteiger charge is -2.23. The summed E-state index contributed by atoms with van der Waals surface area (Å²) in [6.07, 6.45) is 0.909. The highest BCUT2D eigenvalue weighted by Crippen LogP contribution is 2.27. The monoisotopic (exact) mass is 299 g/mol. The Kier molecular flexibility index (Phi) is 5.70. The minimum absolute atomic E-state index is 0.0520. The van der Waals surface area contributed by atoms with Crippen molar-refractivity contribution in [1.29, 1.82) is 0 Å². The van der Waals surface area contributed by atoms with Crippen molar-refractivity contribution < 1.29 is 9.18 Å². The van der Waals surface area contributed by atoms with Crippen LogP contribution < -0.4 is 5.32 Å². The lowest BCUT2D eigenvalue weighted by atomic mass is 9.85. The number of nitrogens with one attached hydrogen (secondary N) is 1. The number of rotatable bonds is 6. The van der Waals surface area contributed by atoms with Gasteiger partial charge in [0.05, 0.1) is 5.92 Å². The molecule has 0 saturated carbocycles. The van der Waals surface area contributed by atoms with Gasteiger partial charge in [0.2, 0.25) is 5.91 Å². The average molecular weight is 299 g/mol. The predicted octanol–water partition coefficient (Wildman–Crippen LogP) is 4.27. The third-order valence-corrected chi connectivity index (χ3v) is 4.07. The van der Waals surface area contributed by atoms with Crippen LogP contribution in [0.4, 0.5) is 4.39 Å². The Morgan fingerprint density at radius 1 is 1.09 bits per heavy atom. The fraction of sp³-hybridized carbons (Fsp3) is 0.316. The maximum Gasteiger partial charge on any atom is 0.228 e. The molecule has 0 radical (unpaired) electrons. The molecule has 22 heavy (non-hydrogen) atoms. The van der Waals surface area contributed by atoms with Crippen molar-refractivity contribution in [1.82, 2.24) is 5.32 Å². The highest BCUT2D eigenvalue weighted by molar-refractivity contribution is 5.83. The van der Waals surface area contributed by atoms with Gasteiger partial charge in [-0.25, -0.2) is 4.39 Å². The van der Waals surface area contributed by atoms with Crippen molar-refractivity contribution in [3.8, 4) is 0 Å². The fourth-order valence-electron chi connectivity index (χ4n) is 2.57. The molecule has 0 bridgehead atoms. The fourth-order valence-corrected chi connectivity index (χ4v) is 2.57. The van der Waals surface area contributed by atoms with Gasteiger partial charge in [-0.2, -0.15) is 0 Å². The molecule has 0 spiro atoms. The summed E-state index contributed by atoms with van der Waals surface area (Å²) < 4.78 is 13.6. The molecule has 3 heteroatoms. The molecule has 2 aromatic rings. The van der Waals surface area contributed by atoms with Crippen LogP contribution in [0.5, 0.6) is 0 Å². The summed E-state index contributed by atoms with van der Waals surface area (Å²) in [5.41, 5.74) is 1.51. The molecule has 2 aromatic carbocycles. The first kappa shape index (κ1) is 16.2. The Hall–Kier alpha value is -2.16. The predicted molar refractivity (Wildman–Crippen MR) is 86.9 cm³/mol. The molecular weight excluding hydrogens is 277 g/mol.